The van der Waals surface area contributed by atoms with Crippen LogP contribution in [0.1, 0.15) is 50.6 Å². The molecule has 2 atom stereocenters. The van der Waals surface area contributed by atoms with Crippen LogP contribution in [0, 0.1) is 0 Å². The van der Waals surface area contributed by atoms with E-state index in [0.717, 1.165) is 12.3 Å². The van der Waals surface area contributed by atoms with Crippen LogP contribution in [-0.2, 0) is 0 Å². The van der Waals surface area contributed by atoms with E-state index in [1.165, 1.54) is 37.7 Å². The van der Waals surface area contributed by atoms with E-state index in [4.69, 9.17) is 10.5 Å². The minimum atomic E-state index is 0.272. The summed E-state index contributed by atoms with van der Waals surface area (Å²) in [6.07, 6.45) is 6.46. The summed E-state index contributed by atoms with van der Waals surface area (Å²) in [5, 5.41) is 0. The normalized spacial score (nSPS) is 22.2. The number of hydrogen-bond acceptors (Lipinski definition) is 3. The summed E-state index contributed by atoms with van der Waals surface area (Å²) in [5.41, 5.74) is 7.36. The molecule has 1 aliphatic heterocycles. The molecule has 20 heavy (non-hydrogen) atoms. The smallest absolute Gasteiger partial charge is 0.123 e. The maximum absolute atomic E-state index is 6.13. The SMILES string of the molecule is CCC1CCCCCN1C(CN)c1ccccc1OC. The number of likely N-dealkylation sites (tertiary alicyclic amines) is 1. The second kappa shape index (κ2) is 7.65. The van der Waals surface area contributed by atoms with E-state index in [1.807, 2.05) is 12.1 Å². The second-order valence-corrected chi connectivity index (χ2v) is 5.64. The molecular formula is C17H28N2O. The Labute approximate surface area is 123 Å². The zero-order valence-electron chi connectivity index (χ0n) is 12.8. The molecule has 3 nitrogen and oxygen atoms in total. The summed E-state index contributed by atoms with van der Waals surface area (Å²) < 4.78 is 5.54. The van der Waals surface area contributed by atoms with Crippen LogP contribution in [0.25, 0.3) is 0 Å². The van der Waals surface area contributed by atoms with Crippen molar-refractivity contribution in [1.29, 1.82) is 0 Å². The Bertz CT molecular complexity index is 408. The van der Waals surface area contributed by atoms with Gasteiger partial charge in [-0.1, -0.05) is 38.0 Å². The summed E-state index contributed by atoms with van der Waals surface area (Å²) in [5.74, 6) is 0.960. The van der Waals surface area contributed by atoms with Crippen LogP contribution < -0.4 is 10.5 Å². The van der Waals surface area contributed by atoms with Gasteiger partial charge in [-0.05, 0) is 31.9 Å². The maximum Gasteiger partial charge on any atom is 0.123 e. The molecule has 0 amide bonds. The summed E-state index contributed by atoms with van der Waals surface area (Å²) in [6.45, 7) is 4.09. The van der Waals surface area contributed by atoms with Crippen LogP contribution in [0.4, 0.5) is 0 Å². The molecule has 0 spiro atoms. The highest BCUT2D eigenvalue weighted by Gasteiger charge is 2.28. The Hall–Kier alpha value is -1.06. The average Bonchev–Trinajstić information content (AvgIpc) is 2.74. The van der Waals surface area contributed by atoms with Crippen molar-refractivity contribution in [3.63, 3.8) is 0 Å². The van der Waals surface area contributed by atoms with Crippen LogP contribution in [0.15, 0.2) is 24.3 Å². The van der Waals surface area contributed by atoms with E-state index >= 15 is 0 Å². The molecule has 112 valence electrons. The lowest BCUT2D eigenvalue weighted by molar-refractivity contribution is 0.134. The van der Waals surface area contributed by atoms with E-state index in [1.54, 1.807) is 7.11 Å². The Morgan fingerprint density at radius 3 is 2.80 bits per heavy atom. The molecular weight excluding hydrogens is 248 g/mol. The molecule has 1 saturated heterocycles. The standard InChI is InChI=1S/C17H28N2O/c1-3-14-9-5-4-8-12-19(14)16(13-18)15-10-6-7-11-17(15)20-2/h6-7,10-11,14,16H,3-5,8-9,12-13,18H2,1-2H3. The Kier molecular flexibility index (Phi) is 5.86. The van der Waals surface area contributed by atoms with Gasteiger partial charge in [-0.3, -0.25) is 4.90 Å². The molecule has 1 heterocycles. The third kappa shape index (κ3) is 3.33. The maximum atomic E-state index is 6.13. The highest BCUT2D eigenvalue weighted by atomic mass is 16.5. The van der Waals surface area contributed by atoms with E-state index in [2.05, 4.69) is 24.0 Å². The Balaban J connectivity index is 2.29. The van der Waals surface area contributed by atoms with Crippen LogP contribution in [0.2, 0.25) is 0 Å². The average molecular weight is 276 g/mol. The van der Waals surface area contributed by atoms with Crippen molar-refractivity contribution < 1.29 is 4.74 Å². The third-order valence-corrected chi connectivity index (χ3v) is 4.52. The molecule has 0 aliphatic carbocycles. The van der Waals surface area contributed by atoms with Crippen molar-refractivity contribution in [2.24, 2.45) is 5.73 Å². The predicted octanol–water partition coefficient (Wildman–Crippen LogP) is 3.35. The van der Waals surface area contributed by atoms with Gasteiger partial charge in [0.2, 0.25) is 0 Å². The molecule has 0 aromatic heterocycles. The van der Waals surface area contributed by atoms with Gasteiger partial charge >= 0.3 is 0 Å². The topological polar surface area (TPSA) is 38.5 Å². The first-order valence-corrected chi connectivity index (χ1v) is 7.90. The lowest BCUT2D eigenvalue weighted by Crippen LogP contribution is -2.41. The van der Waals surface area contributed by atoms with Crippen molar-refractivity contribution in [2.75, 3.05) is 20.2 Å². The lowest BCUT2D eigenvalue weighted by atomic mass is 10.00. The molecule has 1 aromatic carbocycles. The minimum Gasteiger partial charge on any atom is -0.496 e. The third-order valence-electron chi connectivity index (χ3n) is 4.52. The molecule has 0 bridgehead atoms. The van der Waals surface area contributed by atoms with Gasteiger partial charge in [0.1, 0.15) is 5.75 Å². The number of benzene rings is 1. The molecule has 3 heteroatoms. The van der Waals surface area contributed by atoms with Gasteiger partial charge in [0.25, 0.3) is 0 Å². The highest BCUT2D eigenvalue weighted by Crippen LogP contribution is 2.33. The van der Waals surface area contributed by atoms with Gasteiger partial charge in [-0.2, -0.15) is 0 Å². The predicted molar refractivity (Wildman–Crippen MR) is 84.0 cm³/mol. The number of nitrogens with zero attached hydrogens (tertiary/aromatic N) is 1. The number of nitrogens with two attached hydrogens (primary N) is 1. The zero-order valence-corrected chi connectivity index (χ0v) is 12.8. The number of ether oxygens (including phenoxy) is 1. The Morgan fingerprint density at radius 1 is 1.30 bits per heavy atom. The zero-order chi connectivity index (χ0) is 14.4. The van der Waals surface area contributed by atoms with Crippen molar-refractivity contribution >= 4 is 0 Å². The summed E-state index contributed by atoms with van der Waals surface area (Å²) in [4.78, 5) is 2.62. The van der Waals surface area contributed by atoms with Crippen molar-refractivity contribution in [1.82, 2.24) is 4.90 Å². The van der Waals surface area contributed by atoms with E-state index in [0.29, 0.717) is 12.6 Å². The molecule has 0 radical (unpaired) electrons. The molecule has 2 N–H and O–H groups in total. The highest BCUT2D eigenvalue weighted by molar-refractivity contribution is 5.36. The van der Waals surface area contributed by atoms with Gasteiger partial charge in [-0.25, -0.2) is 0 Å². The number of hydrogen-bond donors (Lipinski definition) is 1. The lowest BCUT2D eigenvalue weighted by Gasteiger charge is -2.37. The fourth-order valence-electron chi connectivity index (χ4n) is 3.43. The fraction of sp³-hybridized carbons (Fsp3) is 0.647. The first-order valence-electron chi connectivity index (χ1n) is 7.90. The van der Waals surface area contributed by atoms with Gasteiger partial charge in [0.05, 0.1) is 13.2 Å². The summed E-state index contributed by atoms with van der Waals surface area (Å²) in [6, 6.07) is 9.23. The van der Waals surface area contributed by atoms with Crippen LogP contribution in [-0.4, -0.2) is 31.1 Å². The van der Waals surface area contributed by atoms with Gasteiger partial charge in [0, 0.05) is 18.2 Å². The summed E-state index contributed by atoms with van der Waals surface area (Å²) in [7, 11) is 1.74. The number of para-hydroxylation sites is 1. The first-order chi connectivity index (χ1) is 9.81. The molecule has 1 fully saturated rings. The summed E-state index contributed by atoms with van der Waals surface area (Å²) >= 11 is 0. The quantitative estimate of drug-likeness (QED) is 0.896. The minimum absolute atomic E-state index is 0.272. The number of rotatable bonds is 5. The monoisotopic (exact) mass is 276 g/mol. The van der Waals surface area contributed by atoms with Gasteiger partial charge in [0.15, 0.2) is 0 Å². The van der Waals surface area contributed by atoms with Crippen molar-refractivity contribution in [2.45, 2.75) is 51.1 Å². The van der Waals surface area contributed by atoms with Crippen molar-refractivity contribution in [3.05, 3.63) is 29.8 Å². The fourth-order valence-corrected chi connectivity index (χ4v) is 3.43. The van der Waals surface area contributed by atoms with E-state index < -0.39 is 0 Å². The van der Waals surface area contributed by atoms with E-state index in [9.17, 15) is 0 Å². The van der Waals surface area contributed by atoms with Crippen LogP contribution >= 0.6 is 0 Å². The molecule has 1 aromatic rings. The van der Waals surface area contributed by atoms with Gasteiger partial charge < -0.3 is 10.5 Å². The molecule has 1 aliphatic rings. The second-order valence-electron chi connectivity index (χ2n) is 5.64. The van der Waals surface area contributed by atoms with Crippen LogP contribution in [0.5, 0.6) is 5.75 Å². The van der Waals surface area contributed by atoms with Crippen molar-refractivity contribution in [3.8, 4) is 5.75 Å². The van der Waals surface area contributed by atoms with E-state index in [-0.39, 0.29) is 6.04 Å². The molecule has 2 unspecified atom stereocenters. The first kappa shape index (κ1) is 15.3. The number of methoxy groups -OCH3 is 1. The molecule has 2 rings (SSSR count). The largest absolute Gasteiger partial charge is 0.496 e. The van der Waals surface area contributed by atoms with Gasteiger partial charge in [-0.15, -0.1) is 0 Å². The van der Waals surface area contributed by atoms with Crippen LogP contribution in [0.3, 0.4) is 0 Å². The Morgan fingerprint density at radius 2 is 2.10 bits per heavy atom. The molecule has 0 saturated carbocycles.